The summed E-state index contributed by atoms with van der Waals surface area (Å²) in [4.78, 5) is 22.2. The molecule has 6 nitrogen and oxygen atoms in total. The van der Waals surface area contributed by atoms with E-state index in [0.29, 0.717) is 17.7 Å². The van der Waals surface area contributed by atoms with Gasteiger partial charge < -0.3 is 9.47 Å². The van der Waals surface area contributed by atoms with Crippen LogP contribution in [0.3, 0.4) is 0 Å². The molecule has 0 saturated carbocycles. The second-order valence-electron chi connectivity index (χ2n) is 6.59. The van der Waals surface area contributed by atoms with Gasteiger partial charge in [-0.05, 0) is 26.3 Å². The summed E-state index contributed by atoms with van der Waals surface area (Å²) in [5, 5.41) is 11.4. The molecule has 28 heavy (non-hydrogen) atoms. The van der Waals surface area contributed by atoms with Gasteiger partial charge >= 0.3 is 17.8 Å². The molecule has 0 N–H and O–H groups in total. The molecule has 0 aromatic heterocycles. The van der Waals surface area contributed by atoms with Crippen LogP contribution in [0.1, 0.15) is 40.9 Å². The van der Waals surface area contributed by atoms with Crippen molar-refractivity contribution in [2.75, 3.05) is 7.11 Å². The number of nitrogens with zero attached hydrogens (tertiary/aromatic N) is 1. The summed E-state index contributed by atoms with van der Waals surface area (Å²) < 4.78 is 50.3. The fraction of sp³-hybridized carbons (Fsp3) is 0.316. The maximum atomic E-state index is 13.4. The highest BCUT2D eigenvalue weighted by Crippen LogP contribution is 2.41. The summed E-state index contributed by atoms with van der Waals surface area (Å²) in [5.74, 6) is -1.93. The van der Waals surface area contributed by atoms with Gasteiger partial charge in [0.15, 0.2) is 5.75 Å². The fourth-order valence-electron chi connectivity index (χ4n) is 2.66. The number of nitro benzene ring substituents is 1. The molecule has 0 fully saturated rings. The SMILES string of the molecule is COC(=O)c1cc([N+](=O)[O-])c(OC(C)(C)c2cccc(C)c2)cc1C(F)(F)F. The van der Waals surface area contributed by atoms with Gasteiger partial charge in [-0.3, -0.25) is 10.1 Å². The lowest BCUT2D eigenvalue weighted by molar-refractivity contribution is -0.386. The van der Waals surface area contributed by atoms with E-state index in [9.17, 15) is 28.1 Å². The second kappa shape index (κ2) is 7.49. The van der Waals surface area contributed by atoms with E-state index in [4.69, 9.17) is 4.74 Å². The van der Waals surface area contributed by atoms with Crippen LogP contribution in [0.15, 0.2) is 36.4 Å². The molecule has 0 heterocycles. The molecule has 2 aromatic rings. The van der Waals surface area contributed by atoms with Crippen LogP contribution in [0.2, 0.25) is 0 Å². The van der Waals surface area contributed by atoms with Crippen molar-refractivity contribution in [1.82, 2.24) is 0 Å². The van der Waals surface area contributed by atoms with Gasteiger partial charge in [-0.1, -0.05) is 29.8 Å². The van der Waals surface area contributed by atoms with E-state index in [2.05, 4.69) is 4.74 Å². The van der Waals surface area contributed by atoms with E-state index >= 15 is 0 Å². The van der Waals surface area contributed by atoms with Crippen molar-refractivity contribution in [3.63, 3.8) is 0 Å². The van der Waals surface area contributed by atoms with Gasteiger partial charge in [0.2, 0.25) is 0 Å². The Kier molecular flexibility index (Phi) is 5.67. The summed E-state index contributed by atoms with van der Waals surface area (Å²) >= 11 is 0. The minimum Gasteiger partial charge on any atom is -0.476 e. The van der Waals surface area contributed by atoms with Crippen LogP contribution in [0.25, 0.3) is 0 Å². The standard InChI is InChI=1S/C19H18F3NO5/c1-11-6-5-7-12(8-11)18(2,3)28-16-10-14(19(20,21)22)13(17(24)27-4)9-15(16)23(25)26/h5-10H,1-4H3. The molecule has 0 saturated heterocycles. The lowest BCUT2D eigenvalue weighted by Crippen LogP contribution is -2.26. The van der Waals surface area contributed by atoms with Gasteiger partial charge in [-0.2, -0.15) is 13.2 Å². The van der Waals surface area contributed by atoms with Crippen molar-refractivity contribution in [2.24, 2.45) is 0 Å². The Morgan fingerprint density at radius 3 is 2.29 bits per heavy atom. The van der Waals surface area contributed by atoms with Crippen LogP contribution < -0.4 is 4.74 Å². The molecule has 9 heteroatoms. The molecule has 2 aromatic carbocycles. The number of rotatable bonds is 5. The van der Waals surface area contributed by atoms with Crippen molar-refractivity contribution >= 4 is 11.7 Å². The number of methoxy groups -OCH3 is 1. The highest BCUT2D eigenvalue weighted by molar-refractivity contribution is 5.92. The van der Waals surface area contributed by atoms with Crippen LogP contribution in [-0.2, 0) is 16.5 Å². The molecule has 150 valence electrons. The van der Waals surface area contributed by atoms with Gasteiger partial charge in [0.05, 0.1) is 23.2 Å². The maximum Gasteiger partial charge on any atom is 0.417 e. The first-order chi connectivity index (χ1) is 12.9. The minimum absolute atomic E-state index is 0.460. The molecule has 0 atom stereocenters. The number of halogens is 3. The minimum atomic E-state index is -4.94. The Bertz CT molecular complexity index is 922. The quantitative estimate of drug-likeness (QED) is 0.402. The zero-order chi connectivity index (χ0) is 21.3. The summed E-state index contributed by atoms with van der Waals surface area (Å²) in [6, 6.07) is 8.02. The second-order valence-corrected chi connectivity index (χ2v) is 6.59. The first-order valence-electron chi connectivity index (χ1n) is 8.11. The molecule has 0 unspecified atom stereocenters. The number of ether oxygens (including phenoxy) is 2. The zero-order valence-corrected chi connectivity index (χ0v) is 15.6. The van der Waals surface area contributed by atoms with E-state index in [1.54, 1.807) is 32.0 Å². The highest BCUT2D eigenvalue weighted by atomic mass is 19.4. The van der Waals surface area contributed by atoms with Crippen molar-refractivity contribution < 1.29 is 32.4 Å². The van der Waals surface area contributed by atoms with Crippen molar-refractivity contribution in [2.45, 2.75) is 32.5 Å². The zero-order valence-electron chi connectivity index (χ0n) is 15.6. The molecular weight excluding hydrogens is 379 g/mol. The van der Waals surface area contributed by atoms with Crippen LogP contribution in [0, 0.1) is 17.0 Å². The van der Waals surface area contributed by atoms with Crippen molar-refractivity contribution in [3.05, 3.63) is 68.8 Å². The first-order valence-corrected chi connectivity index (χ1v) is 8.11. The number of carbonyl (C=O) groups excluding carboxylic acids is 1. The Labute approximate surface area is 159 Å². The normalized spacial score (nSPS) is 11.8. The average molecular weight is 397 g/mol. The summed E-state index contributed by atoms with van der Waals surface area (Å²) in [5.41, 5.74) is -2.77. The smallest absolute Gasteiger partial charge is 0.417 e. The van der Waals surface area contributed by atoms with E-state index in [1.807, 2.05) is 13.0 Å². The molecule has 0 amide bonds. The molecule has 0 aliphatic rings. The highest BCUT2D eigenvalue weighted by Gasteiger charge is 2.39. The number of aryl methyl sites for hydroxylation is 1. The number of carbonyl (C=O) groups is 1. The largest absolute Gasteiger partial charge is 0.476 e. The molecular formula is C19H18F3NO5. The third-order valence-corrected chi connectivity index (χ3v) is 4.08. The van der Waals surface area contributed by atoms with Gasteiger partial charge in [0.25, 0.3) is 0 Å². The predicted octanol–water partition coefficient (Wildman–Crippen LogP) is 5.02. The number of alkyl halides is 3. The van der Waals surface area contributed by atoms with Gasteiger partial charge in [0.1, 0.15) is 5.60 Å². The topological polar surface area (TPSA) is 78.7 Å². The number of hydrogen-bond acceptors (Lipinski definition) is 5. The van der Waals surface area contributed by atoms with Gasteiger partial charge in [-0.25, -0.2) is 4.79 Å². The molecule has 0 aliphatic heterocycles. The Morgan fingerprint density at radius 2 is 1.79 bits per heavy atom. The number of nitro groups is 1. The molecule has 2 rings (SSSR count). The Balaban J connectivity index is 2.65. The summed E-state index contributed by atoms with van der Waals surface area (Å²) in [6.45, 7) is 4.98. The van der Waals surface area contributed by atoms with E-state index in [-0.39, 0.29) is 0 Å². The van der Waals surface area contributed by atoms with Crippen LogP contribution in [-0.4, -0.2) is 18.0 Å². The number of hydrogen-bond donors (Lipinski definition) is 0. The van der Waals surface area contributed by atoms with Crippen molar-refractivity contribution in [3.8, 4) is 5.75 Å². The molecule has 0 bridgehead atoms. The Hall–Kier alpha value is -3.10. The van der Waals surface area contributed by atoms with E-state index in [1.165, 1.54) is 0 Å². The van der Waals surface area contributed by atoms with Crippen LogP contribution in [0.5, 0.6) is 5.75 Å². The van der Waals surface area contributed by atoms with Gasteiger partial charge in [-0.15, -0.1) is 0 Å². The lowest BCUT2D eigenvalue weighted by atomic mass is 9.96. The third kappa shape index (κ3) is 4.41. The molecule has 0 radical (unpaired) electrons. The van der Waals surface area contributed by atoms with Crippen molar-refractivity contribution in [1.29, 1.82) is 0 Å². The van der Waals surface area contributed by atoms with Crippen LogP contribution >= 0.6 is 0 Å². The number of esters is 1. The summed E-state index contributed by atoms with van der Waals surface area (Å²) in [6.07, 6.45) is -4.94. The van der Waals surface area contributed by atoms with Crippen LogP contribution in [0.4, 0.5) is 18.9 Å². The first kappa shape index (κ1) is 21.2. The lowest BCUT2D eigenvalue weighted by Gasteiger charge is -2.27. The maximum absolute atomic E-state index is 13.4. The predicted molar refractivity (Wildman–Crippen MR) is 94.3 cm³/mol. The molecule has 0 spiro atoms. The van der Waals surface area contributed by atoms with E-state index < -0.39 is 45.2 Å². The fourth-order valence-corrected chi connectivity index (χ4v) is 2.66. The average Bonchev–Trinajstić information content (AvgIpc) is 2.59. The monoisotopic (exact) mass is 397 g/mol. The van der Waals surface area contributed by atoms with E-state index in [0.717, 1.165) is 12.7 Å². The molecule has 0 aliphatic carbocycles. The number of benzene rings is 2. The van der Waals surface area contributed by atoms with Gasteiger partial charge in [0, 0.05) is 12.1 Å². The summed E-state index contributed by atoms with van der Waals surface area (Å²) in [7, 11) is 0.888. The third-order valence-electron chi connectivity index (χ3n) is 4.08. The Morgan fingerprint density at radius 1 is 1.14 bits per heavy atom.